The van der Waals surface area contributed by atoms with E-state index in [9.17, 15) is 4.79 Å². The van der Waals surface area contributed by atoms with Crippen LogP contribution in [0, 0.1) is 22.2 Å². The lowest BCUT2D eigenvalue weighted by molar-refractivity contribution is -0.140. The summed E-state index contributed by atoms with van der Waals surface area (Å²) >= 11 is 0. The van der Waals surface area contributed by atoms with Gasteiger partial charge < -0.3 is 4.90 Å². The van der Waals surface area contributed by atoms with E-state index in [1.807, 2.05) is 4.90 Å². The molecule has 3 nitrogen and oxygen atoms in total. The number of nitrogens with zero attached hydrogens (tertiary/aromatic N) is 2. The highest BCUT2D eigenvalue weighted by Gasteiger charge is 2.36. The number of hydrogen-bond donors (Lipinski definition) is 0. The molecule has 1 aliphatic heterocycles. The first-order chi connectivity index (χ1) is 6.78. The molecule has 15 heavy (non-hydrogen) atoms. The van der Waals surface area contributed by atoms with Crippen molar-refractivity contribution in [3.63, 3.8) is 0 Å². The van der Waals surface area contributed by atoms with Crippen LogP contribution in [-0.2, 0) is 4.79 Å². The van der Waals surface area contributed by atoms with Crippen molar-refractivity contribution in [3.05, 3.63) is 0 Å². The lowest BCUT2D eigenvalue weighted by Crippen LogP contribution is -2.48. The second-order valence-electron chi connectivity index (χ2n) is 5.73. The number of carbonyl (C=O) groups excluding carboxylic acids is 1. The Morgan fingerprint density at radius 1 is 1.47 bits per heavy atom. The fraction of sp³-hybridized carbons (Fsp3) is 0.833. The quantitative estimate of drug-likeness (QED) is 0.663. The van der Waals surface area contributed by atoms with E-state index in [2.05, 4.69) is 19.9 Å². The van der Waals surface area contributed by atoms with Crippen LogP contribution in [0.1, 0.15) is 40.5 Å². The molecule has 0 aromatic rings. The van der Waals surface area contributed by atoms with Crippen LogP contribution in [0.4, 0.5) is 0 Å². The van der Waals surface area contributed by atoms with Crippen molar-refractivity contribution >= 4 is 5.91 Å². The monoisotopic (exact) mass is 208 g/mol. The third-order valence-electron chi connectivity index (χ3n) is 3.00. The molecule has 0 spiro atoms. The molecule has 0 N–H and O–H groups in total. The van der Waals surface area contributed by atoms with Crippen LogP contribution in [-0.4, -0.2) is 23.9 Å². The minimum Gasteiger partial charge on any atom is -0.341 e. The van der Waals surface area contributed by atoms with Crippen LogP contribution in [0.2, 0.25) is 0 Å². The van der Waals surface area contributed by atoms with Crippen molar-refractivity contribution in [3.8, 4) is 6.07 Å². The Morgan fingerprint density at radius 3 is 2.53 bits per heavy atom. The fourth-order valence-electron chi connectivity index (χ4n) is 2.04. The van der Waals surface area contributed by atoms with Gasteiger partial charge in [0.05, 0.1) is 6.07 Å². The summed E-state index contributed by atoms with van der Waals surface area (Å²) in [6, 6.07) is 2.07. The smallest absolute Gasteiger partial charge is 0.242 e. The number of piperidine rings is 1. The summed E-state index contributed by atoms with van der Waals surface area (Å²) < 4.78 is 0. The highest BCUT2D eigenvalue weighted by Crippen LogP contribution is 2.30. The number of hydrogen-bond acceptors (Lipinski definition) is 2. The first kappa shape index (κ1) is 12.0. The summed E-state index contributed by atoms with van der Waals surface area (Å²) in [5.74, 6) is -0.0298. The second-order valence-corrected chi connectivity index (χ2v) is 5.73. The van der Waals surface area contributed by atoms with Gasteiger partial charge in [0.1, 0.15) is 5.41 Å². The summed E-state index contributed by atoms with van der Waals surface area (Å²) in [5, 5.41) is 8.93. The molecule has 1 heterocycles. The summed E-state index contributed by atoms with van der Waals surface area (Å²) in [6.45, 7) is 9.30. The Labute approximate surface area is 92.1 Å². The van der Waals surface area contributed by atoms with E-state index in [4.69, 9.17) is 5.26 Å². The SMILES string of the molecule is CC1(C)CCCN(C(=O)C(C)(C)C#N)C1. The maximum absolute atomic E-state index is 12.0. The van der Waals surface area contributed by atoms with E-state index in [1.54, 1.807) is 13.8 Å². The predicted octanol–water partition coefficient (Wildman–Crippen LogP) is 2.18. The molecule has 0 aromatic heterocycles. The van der Waals surface area contributed by atoms with Crippen molar-refractivity contribution in [1.82, 2.24) is 4.90 Å². The Kier molecular flexibility index (Phi) is 3.08. The van der Waals surface area contributed by atoms with Gasteiger partial charge in [-0.1, -0.05) is 13.8 Å². The summed E-state index contributed by atoms with van der Waals surface area (Å²) in [6.07, 6.45) is 2.20. The lowest BCUT2D eigenvalue weighted by atomic mass is 9.82. The molecule has 1 aliphatic rings. The maximum atomic E-state index is 12.0. The number of carbonyl (C=O) groups is 1. The number of likely N-dealkylation sites (tertiary alicyclic amines) is 1. The Balaban J connectivity index is 2.74. The summed E-state index contributed by atoms with van der Waals surface area (Å²) in [7, 11) is 0. The molecule has 0 atom stereocenters. The molecule has 1 amide bonds. The van der Waals surface area contributed by atoms with Crippen molar-refractivity contribution in [2.24, 2.45) is 10.8 Å². The normalized spacial score (nSPS) is 20.9. The van der Waals surface area contributed by atoms with Gasteiger partial charge in [0, 0.05) is 13.1 Å². The van der Waals surface area contributed by atoms with E-state index < -0.39 is 5.41 Å². The Hall–Kier alpha value is -1.04. The van der Waals surface area contributed by atoms with Gasteiger partial charge in [-0.2, -0.15) is 5.26 Å². The molecule has 0 radical (unpaired) electrons. The first-order valence-electron chi connectivity index (χ1n) is 5.49. The molecule has 84 valence electrons. The van der Waals surface area contributed by atoms with E-state index >= 15 is 0 Å². The van der Waals surface area contributed by atoms with Crippen LogP contribution in [0.3, 0.4) is 0 Å². The van der Waals surface area contributed by atoms with Crippen LogP contribution in [0.25, 0.3) is 0 Å². The largest absolute Gasteiger partial charge is 0.341 e. The van der Waals surface area contributed by atoms with Crippen LogP contribution in [0.15, 0.2) is 0 Å². The topological polar surface area (TPSA) is 44.1 Å². The van der Waals surface area contributed by atoms with E-state index in [-0.39, 0.29) is 11.3 Å². The molecule has 0 aromatic carbocycles. The Bertz CT molecular complexity index is 299. The van der Waals surface area contributed by atoms with Crippen LogP contribution in [0.5, 0.6) is 0 Å². The van der Waals surface area contributed by atoms with Gasteiger partial charge in [-0.05, 0) is 32.1 Å². The molecule has 3 heteroatoms. The van der Waals surface area contributed by atoms with E-state index in [0.29, 0.717) is 0 Å². The zero-order valence-corrected chi connectivity index (χ0v) is 10.1. The van der Waals surface area contributed by atoms with Crippen molar-refractivity contribution in [1.29, 1.82) is 5.26 Å². The van der Waals surface area contributed by atoms with Gasteiger partial charge in [0.2, 0.25) is 5.91 Å². The molecule has 1 saturated heterocycles. The zero-order chi connectivity index (χ0) is 11.7. The van der Waals surface area contributed by atoms with E-state index in [1.165, 1.54) is 0 Å². The molecule has 0 unspecified atom stereocenters. The third kappa shape index (κ3) is 2.71. The third-order valence-corrected chi connectivity index (χ3v) is 3.00. The lowest BCUT2D eigenvalue weighted by Gasteiger charge is -2.40. The molecule has 0 bridgehead atoms. The van der Waals surface area contributed by atoms with Crippen molar-refractivity contribution in [2.45, 2.75) is 40.5 Å². The highest BCUT2D eigenvalue weighted by molar-refractivity contribution is 5.84. The van der Waals surface area contributed by atoms with Gasteiger partial charge >= 0.3 is 0 Å². The minimum atomic E-state index is -0.882. The van der Waals surface area contributed by atoms with Gasteiger partial charge in [-0.15, -0.1) is 0 Å². The van der Waals surface area contributed by atoms with Crippen LogP contribution < -0.4 is 0 Å². The number of amides is 1. The minimum absolute atomic E-state index is 0.0298. The van der Waals surface area contributed by atoms with Crippen LogP contribution >= 0.6 is 0 Å². The van der Waals surface area contributed by atoms with Gasteiger partial charge in [0.15, 0.2) is 0 Å². The first-order valence-corrected chi connectivity index (χ1v) is 5.49. The van der Waals surface area contributed by atoms with Gasteiger partial charge in [-0.25, -0.2) is 0 Å². The molecule has 0 aliphatic carbocycles. The fourth-order valence-corrected chi connectivity index (χ4v) is 2.04. The maximum Gasteiger partial charge on any atom is 0.242 e. The average molecular weight is 208 g/mol. The summed E-state index contributed by atoms with van der Waals surface area (Å²) in [5.41, 5.74) is -0.688. The van der Waals surface area contributed by atoms with Crippen molar-refractivity contribution in [2.75, 3.05) is 13.1 Å². The highest BCUT2D eigenvalue weighted by atomic mass is 16.2. The average Bonchev–Trinajstić information content (AvgIpc) is 2.15. The predicted molar refractivity (Wildman–Crippen MR) is 59.0 cm³/mol. The molecular formula is C12H20N2O. The summed E-state index contributed by atoms with van der Waals surface area (Å²) in [4.78, 5) is 13.9. The molecule has 0 saturated carbocycles. The Morgan fingerprint density at radius 2 is 2.07 bits per heavy atom. The molecule has 1 fully saturated rings. The zero-order valence-electron chi connectivity index (χ0n) is 10.1. The number of nitriles is 1. The van der Waals surface area contributed by atoms with Gasteiger partial charge in [0.25, 0.3) is 0 Å². The number of rotatable bonds is 1. The van der Waals surface area contributed by atoms with E-state index in [0.717, 1.165) is 25.9 Å². The van der Waals surface area contributed by atoms with Gasteiger partial charge in [-0.3, -0.25) is 4.79 Å². The molecule has 1 rings (SSSR count). The standard InChI is InChI=1S/C12H20N2O/c1-11(2)6-5-7-14(9-11)10(15)12(3,4)8-13/h5-7,9H2,1-4H3. The van der Waals surface area contributed by atoms with Crippen molar-refractivity contribution < 1.29 is 4.79 Å². The second kappa shape index (κ2) is 3.84. The molecular weight excluding hydrogens is 188 g/mol.